The Kier molecular flexibility index (Phi) is 3.94. The van der Waals surface area contributed by atoms with Gasteiger partial charge in [0.05, 0.1) is 4.88 Å². The molecule has 3 rings (SSSR count). The summed E-state index contributed by atoms with van der Waals surface area (Å²) in [5.74, 6) is 0.488. The Morgan fingerprint density at radius 3 is 2.81 bits per heavy atom. The number of aryl methyl sites for hydroxylation is 1. The third-order valence-electron chi connectivity index (χ3n) is 2.87. The van der Waals surface area contributed by atoms with E-state index in [4.69, 9.17) is 0 Å². The molecule has 0 bridgehead atoms. The van der Waals surface area contributed by atoms with Gasteiger partial charge in [0.1, 0.15) is 6.54 Å². The first-order valence-corrected chi connectivity index (χ1v) is 7.87. The van der Waals surface area contributed by atoms with Crippen molar-refractivity contribution in [3.05, 3.63) is 50.6 Å². The second kappa shape index (κ2) is 5.87. The van der Waals surface area contributed by atoms with Gasteiger partial charge in [-0.2, -0.15) is 4.80 Å². The molecule has 0 spiro atoms. The molecule has 0 aliphatic rings. The topological polar surface area (TPSA) is 60.7 Å². The maximum Gasteiger partial charge on any atom is 0.206 e. The van der Waals surface area contributed by atoms with Crippen LogP contribution in [0.25, 0.3) is 11.4 Å². The van der Waals surface area contributed by atoms with E-state index in [1.807, 2.05) is 43.3 Å². The number of aromatic nitrogens is 4. The molecule has 0 atom stereocenters. The van der Waals surface area contributed by atoms with Crippen molar-refractivity contribution in [3.8, 4) is 11.4 Å². The lowest BCUT2D eigenvalue weighted by molar-refractivity contribution is 0.0965. The lowest BCUT2D eigenvalue weighted by Crippen LogP contribution is -2.12. The van der Waals surface area contributed by atoms with Crippen LogP contribution in [0.15, 0.2) is 40.9 Å². The molecule has 0 aliphatic heterocycles. The third-order valence-corrected chi connectivity index (χ3v) is 4.60. The summed E-state index contributed by atoms with van der Waals surface area (Å²) >= 11 is 4.92. The highest BCUT2D eigenvalue weighted by atomic mass is 79.9. The van der Waals surface area contributed by atoms with Gasteiger partial charge >= 0.3 is 0 Å². The summed E-state index contributed by atoms with van der Waals surface area (Å²) in [5, 5.41) is 12.2. The fraction of sp³-hybridized carbons (Fsp3) is 0.143. The zero-order chi connectivity index (χ0) is 14.8. The Morgan fingerprint density at radius 2 is 2.10 bits per heavy atom. The molecule has 0 aliphatic carbocycles. The van der Waals surface area contributed by atoms with E-state index in [-0.39, 0.29) is 12.3 Å². The van der Waals surface area contributed by atoms with Gasteiger partial charge in [0.25, 0.3) is 0 Å². The number of tetrazole rings is 1. The number of ketones is 1. The molecule has 2 aromatic heterocycles. The summed E-state index contributed by atoms with van der Waals surface area (Å²) in [5.41, 5.74) is 0.850. The molecule has 106 valence electrons. The van der Waals surface area contributed by atoms with Gasteiger partial charge in [-0.05, 0) is 36.4 Å². The van der Waals surface area contributed by atoms with Crippen LogP contribution in [0.4, 0.5) is 0 Å². The van der Waals surface area contributed by atoms with E-state index in [0.717, 1.165) is 14.9 Å². The lowest BCUT2D eigenvalue weighted by atomic mass is 10.2. The number of Topliss-reactive ketones (excluding diaryl/α,β-unsaturated/α-hetero) is 1. The number of halogens is 1. The molecule has 3 aromatic rings. The number of nitrogens with zero attached hydrogens (tertiary/aromatic N) is 4. The van der Waals surface area contributed by atoms with E-state index in [1.54, 1.807) is 0 Å². The zero-order valence-corrected chi connectivity index (χ0v) is 13.6. The molecular formula is C14H11BrN4OS. The van der Waals surface area contributed by atoms with E-state index in [9.17, 15) is 4.79 Å². The number of benzene rings is 1. The molecule has 0 amide bonds. The maximum absolute atomic E-state index is 12.1. The minimum Gasteiger partial charge on any atom is -0.291 e. The van der Waals surface area contributed by atoms with Gasteiger partial charge < -0.3 is 0 Å². The van der Waals surface area contributed by atoms with E-state index in [0.29, 0.717) is 10.7 Å². The third kappa shape index (κ3) is 3.08. The zero-order valence-electron chi connectivity index (χ0n) is 11.2. The van der Waals surface area contributed by atoms with Crippen molar-refractivity contribution in [2.75, 3.05) is 0 Å². The molecular weight excluding hydrogens is 352 g/mol. The van der Waals surface area contributed by atoms with Crippen LogP contribution in [0, 0.1) is 6.92 Å². The van der Waals surface area contributed by atoms with Crippen molar-refractivity contribution in [3.63, 3.8) is 0 Å². The number of carbonyl (C=O) groups is 1. The predicted octanol–water partition coefficient (Wildman–Crippen LogP) is 3.36. The number of hydrogen-bond donors (Lipinski definition) is 0. The summed E-state index contributed by atoms with van der Waals surface area (Å²) in [6, 6.07) is 11.4. The molecule has 0 saturated carbocycles. The highest BCUT2D eigenvalue weighted by molar-refractivity contribution is 9.10. The monoisotopic (exact) mass is 362 g/mol. The van der Waals surface area contributed by atoms with E-state index in [2.05, 4.69) is 31.3 Å². The normalized spacial score (nSPS) is 10.8. The first kappa shape index (κ1) is 14.1. The summed E-state index contributed by atoms with van der Waals surface area (Å²) in [7, 11) is 0. The van der Waals surface area contributed by atoms with E-state index in [1.165, 1.54) is 16.1 Å². The molecule has 7 heteroatoms. The SMILES string of the molecule is Cc1ccc(C(=O)Cn2nnc(-c3ccccc3Br)n2)s1. The fourth-order valence-corrected chi connectivity index (χ4v) is 3.11. The summed E-state index contributed by atoms with van der Waals surface area (Å²) in [6.45, 7) is 2.07. The Morgan fingerprint density at radius 1 is 1.29 bits per heavy atom. The Bertz CT molecular complexity index is 796. The highest BCUT2D eigenvalue weighted by Gasteiger charge is 2.13. The van der Waals surface area contributed by atoms with Gasteiger partial charge in [-0.15, -0.1) is 21.5 Å². The summed E-state index contributed by atoms with van der Waals surface area (Å²) in [4.78, 5) is 15.3. The van der Waals surface area contributed by atoms with Crippen LogP contribution in [0.2, 0.25) is 0 Å². The Labute approximate surface area is 133 Å². The van der Waals surface area contributed by atoms with Gasteiger partial charge in [0.2, 0.25) is 5.82 Å². The van der Waals surface area contributed by atoms with Crippen molar-refractivity contribution in [2.24, 2.45) is 0 Å². The second-order valence-electron chi connectivity index (χ2n) is 4.46. The first-order chi connectivity index (χ1) is 10.1. The average molecular weight is 363 g/mol. The summed E-state index contributed by atoms with van der Waals surface area (Å²) < 4.78 is 0.893. The van der Waals surface area contributed by atoms with E-state index < -0.39 is 0 Å². The molecule has 5 nitrogen and oxygen atoms in total. The molecule has 0 saturated heterocycles. The van der Waals surface area contributed by atoms with Gasteiger partial charge in [0.15, 0.2) is 5.78 Å². The van der Waals surface area contributed by atoms with Crippen LogP contribution in [0.1, 0.15) is 14.5 Å². The van der Waals surface area contributed by atoms with Crippen LogP contribution in [0.3, 0.4) is 0 Å². The number of carbonyl (C=O) groups excluding carboxylic acids is 1. The number of thiophene rings is 1. The van der Waals surface area contributed by atoms with Crippen molar-refractivity contribution in [1.82, 2.24) is 20.2 Å². The molecule has 0 radical (unpaired) electrons. The highest BCUT2D eigenvalue weighted by Crippen LogP contribution is 2.24. The lowest BCUT2D eigenvalue weighted by Gasteiger charge is -1.98. The fourth-order valence-electron chi connectivity index (χ4n) is 1.85. The first-order valence-electron chi connectivity index (χ1n) is 6.26. The second-order valence-corrected chi connectivity index (χ2v) is 6.60. The Balaban J connectivity index is 1.80. The van der Waals surface area contributed by atoms with Crippen molar-refractivity contribution in [1.29, 1.82) is 0 Å². The minimum absolute atomic E-state index is 0.0100. The number of rotatable bonds is 4. The quantitative estimate of drug-likeness (QED) is 0.667. The molecule has 21 heavy (non-hydrogen) atoms. The largest absolute Gasteiger partial charge is 0.291 e. The molecule has 0 fully saturated rings. The van der Waals surface area contributed by atoms with Gasteiger partial charge in [0, 0.05) is 14.9 Å². The van der Waals surface area contributed by atoms with Crippen molar-refractivity contribution >= 4 is 33.0 Å². The maximum atomic E-state index is 12.1. The van der Waals surface area contributed by atoms with Gasteiger partial charge in [-0.25, -0.2) is 0 Å². The molecule has 1 aromatic carbocycles. The van der Waals surface area contributed by atoms with Crippen molar-refractivity contribution in [2.45, 2.75) is 13.5 Å². The minimum atomic E-state index is -0.0100. The summed E-state index contributed by atoms with van der Waals surface area (Å²) in [6.07, 6.45) is 0. The van der Waals surface area contributed by atoms with Crippen LogP contribution >= 0.6 is 27.3 Å². The number of hydrogen-bond acceptors (Lipinski definition) is 5. The smallest absolute Gasteiger partial charge is 0.206 e. The Hall–Kier alpha value is -1.86. The van der Waals surface area contributed by atoms with Gasteiger partial charge in [-0.1, -0.05) is 28.1 Å². The molecule has 0 unspecified atom stereocenters. The van der Waals surface area contributed by atoms with Crippen LogP contribution in [-0.2, 0) is 6.54 Å². The molecule has 2 heterocycles. The van der Waals surface area contributed by atoms with Crippen LogP contribution in [0.5, 0.6) is 0 Å². The van der Waals surface area contributed by atoms with Crippen LogP contribution < -0.4 is 0 Å². The van der Waals surface area contributed by atoms with Crippen molar-refractivity contribution < 1.29 is 4.79 Å². The average Bonchev–Trinajstić information content (AvgIpc) is 3.08. The van der Waals surface area contributed by atoms with Gasteiger partial charge in [-0.3, -0.25) is 4.79 Å². The predicted molar refractivity (Wildman–Crippen MR) is 84.3 cm³/mol. The van der Waals surface area contributed by atoms with E-state index >= 15 is 0 Å². The molecule has 0 N–H and O–H groups in total. The standard InChI is InChI=1S/C14H11BrN4OS/c1-9-6-7-13(21-9)12(20)8-19-17-14(16-18-19)10-4-2-3-5-11(10)15/h2-7H,8H2,1H3. The van der Waals surface area contributed by atoms with Crippen LogP contribution in [-0.4, -0.2) is 26.0 Å².